The number of nitrogens with one attached hydrogen (secondary N) is 1. The Balaban J connectivity index is 1.76. The summed E-state index contributed by atoms with van der Waals surface area (Å²) >= 11 is 5.67. The van der Waals surface area contributed by atoms with E-state index in [4.69, 9.17) is 16.0 Å². The largest absolute Gasteiger partial charge is 0.452 e. The molecule has 1 atom stereocenters. The molecule has 1 aromatic rings. The molecule has 1 saturated heterocycles. The van der Waals surface area contributed by atoms with Crippen LogP contribution in [-0.4, -0.2) is 43.2 Å². The smallest absolute Gasteiger partial charge is 0.401 e. The van der Waals surface area contributed by atoms with Crippen molar-refractivity contribution in [3.05, 3.63) is 23.1 Å². The zero-order valence-electron chi connectivity index (χ0n) is 10.5. The lowest BCUT2D eigenvalue weighted by Crippen LogP contribution is -2.34. The van der Waals surface area contributed by atoms with Crippen LogP contribution >= 0.6 is 11.6 Å². The Morgan fingerprint density at radius 1 is 1.55 bits per heavy atom. The highest BCUT2D eigenvalue weighted by atomic mass is 35.5. The molecule has 20 heavy (non-hydrogen) atoms. The summed E-state index contributed by atoms with van der Waals surface area (Å²) in [5.41, 5.74) is 0.233. The Labute approximate surface area is 118 Å². The third-order valence-electron chi connectivity index (χ3n) is 3.19. The second-order valence-corrected chi connectivity index (χ2v) is 5.17. The lowest BCUT2D eigenvalue weighted by molar-refractivity contribution is -0.143. The molecule has 2 heterocycles. The van der Waals surface area contributed by atoms with Gasteiger partial charge in [0, 0.05) is 13.1 Å². The Hall–Kier alpha value is -1.21. The number of hydrogen-bond acceptors (Lipinski definition) is 3. The van der Waals surface area contributed by atoms with Crippen molar-refractivity contribution in [2.45, 2.75) is 12.6 Å². The molecule has 1 N–H and O–H groups in total. The summed E-state index contributed by atoms with van der Waals surface area (Å²) in [7, 11) is 0. The number of nitrogens with zero attached hydrogens (tertiary/aromatic N) is 1. The van der Waals surface area contributed by atoms with Crippen LogP contribution < -0.4 is 5.32 Å². The number of carbonyl (C=O) groups is 1. The fourth-order valence-corrected chi connectivity index (χ4v) is 2.46. The maximum atomic E-state index is 12.2. The van der Waals surface area contributed by atoms with Crippen LogP contribution in [0.2, 0.25) is 5.22 Å². The molecule has 1 aliphatic rings. The van der Waals surface area contributed by atoms with Gasteiger partial charge < -0.3 is 9.73 Å². The Bertz CT molecular complexity index is 476. The van der Waals surface area contributed by atoms with Gasteiger partial charge >= 0.3 is 6.18 Å². The van der Waals surface area contributed by atoms with Crippen molar-refractivity contribution in [2.75, 3.05) is 26.2 Å². The van der Waals surface area contributed by atoms with Gasteiger partial charge in [0.2, 0.25) is 5.22 Å². The van der Waals surface area contributed by atoms with Crippen molar-refractivity contribution in [1.82, 2.24) is 10.2 Å². The van der Waals surface area contributed by atoms with E-state index in [1.165, 1.54) is 17.2 Å². The summed E-state index contributed by atoms with van der Waals surface area (Å²) in [6, 6.07) is 1.45. The molecule has 0 bridgehead atoms. The van der Waals surface area contributed by atoms with Crippen LogP contribution in [0.15, 0.2) is 16.7 Å². The van der Waals surface area contributed by atoms with E-state index in [2.05, 4.69) is 5.32 Å². The number of alkyl halides is 3. The molecule has 1 aliphatic heterocycles. The minimum atomic E-state index is -4.18. The molecule has 0 saturated carbocycles. The summed E-state index contributed by atoms with van der Waals surface area (Å²) in [4.78, 5) is 13.1. The summed E-state index contributed by atoms with van der Waals surface area (Å²) in [6.45, 7) is 0.158. The summed E-state index contributed by atoms with van der Waals surface area (Å²) < 4.78 is 41.5. The Kier molecular flexibility index (Phi) is 4.59. The highest BCUT2D eigenvalue weighted by Crippen LogP contribution is 2.22. The molecule has 112 valence electrons. The first-order valence-corrected chi connectivity index (χ1v) is 6.53. The fourth-order valence-electron chi connectivity index (χ4n) is 2.26. The highest BCUT2D eigenvalue weighted by molar-refractivity contribution is 6.32. The van der Waals surface area contributed by atoms with Crippen molar-refractivity contribution in [1.29, 1.82) is 0 Å². The third-order valence-corrected chi connectivity index (χ3v) is 3.48. The van der Waals surface area contributed by atoms with E-state index in [1.807, 2.05) is 0 Å². The van der Waals surface area contributed by atoms with Crippen LogP contribution in [0.5, 0.6) is 0 Å². The van der Waals surface area contributed by atoms with E-state index in [-0.39, 0.29) is 22.6 Å². The first-order chi connectivity index (χ1) is 9.35. The number of halogens is 4. The molecule has 1 aromatic heterocycles. The van der Waals surface area contributed by atoms with E-state index in [0.717, 1.165) is 0 Å². The minimum absolute atomic E-state index is 0.00706. The normalized spacial score (nSPS) is 20.3. The monoisotopic (exact) mass is 310 g/mol. The Morgan fingerprint density at radius 2 is 2.30 bits per heavy atom. The fraction of sp³-hybridized carbons (Fsp3) is 0.583. The van der Waals surface area contributed by atoms with Crippen molar-refractivity contribution in [3.63, 3.8) is 0 Å². The van der Waals surface area contributed by atoms with E-state index in [1.54, 1.807) is 0 Å². The third kappa shape index (κ3) is 4.14. The van der Waals surface area contributed by atoms with Gasteiger partial charge in [0.1, 0.15) is 0 Å². The number of carbonyl (C=O) groups excluding carboxylic acids is 1. The first-order valence-electron chi connectivity index (χ1n) is 6.15. The second-order valence-electron chi connectivity index (χ2n) is 4.82. The molecule has 1 amide bonds. The molecule has 1 unspecified atom stereocenters. The maximum absolute atomic E-state index is 12.2. The van der Waals surface area contributed by atoms with Gasteiger partial charge in [-0.2, -0.15) is 13.2 Å². The molecule has 0 aliphatic carbocycles. The van der Waals surface area contributed by atoms with Crippen molar-refractivity contribution >= 4 is 17.5 Å². The molecular weight excluding hydrogens is 297 g/mol. The average Bonchev–Trinajstić information content (AvgIpc) is 2.93. The molecular formula is C12H14ClF3N2O2. The van der Waals surface area contributed by atoms with Crippen LogP contribution in [-0.2, 0) is 0 Å². The zero-order valence-corrected chi connectivity index (χ0v) is 11.3. The van der Waals surface area contributed by atoms with Gasteiger partial charge in [0.15, 0.2) is 0 Å². The van der Waals surface area contributed by atoms with E-state index >= 15 is 0 Å². The van der Waals surface area contributed by atoms with Gasteiger partial charge in [-0.25, -0.2) is 0 Å². The van der Waals surface area contributed by atoms with Gasteiger partial charge in [-0.3, -0.25) is 9.69 Å². The number of furan rings is 1. The number of amides is 1. The van der Waals surface area contributed by atoms with E-state index < -0.39 is 12.7 Å². The van der Waals surface area contributed by atoms with Crippen LogP contribution in [0, 0.1) is 5.92 Å². The quantitative estimate of drug-likeness (QED) is 0.929. The molecule has 8 heteroatoms. The molecule has 2 rings (SSSR count). The summed E-state index contributed by atoms with van der Waals surface area (Å²) in [5.74, 6) is -0.356. The van der Waals surface area contributed by atoms with Crippen molar-refractivity contribution in [2.24, 2.45) is 5.92 Å². The molecule has 0 spiro atoms. The molecule has 0 radical (unpaired) electrons. The number of likely N-dealkylation sites (tertiary alicyclic amines) is 1. The number of hydrogen-bond donors (Lipinski definition) is 1. The van der Waals surface area contributed by atoms with Gasteiger partial charge in [-0.15, -0.1) is 0 Å². The van der Waals surface area contributed by atoms with Crippen molar-refractivity contribution in [3.8, 4) is 0 Å². The summed E-state index contributed by atoms with van der Waals surface area (Å²) in [5, 5.41) is 2.67. The summed E-state index contributed by atoms with van der Waals surface area (Å²) in [6.07, 6.45) is -2.24. The van der Waals surface area contributed by atoms with Gasteiger partial charge in [-0.1, -0.05) is 0 Å². The first kappa shape index (κ1) is 15.2. The molecule has 4 nitrogen and oxygen atoms in total. The predicted octanol–water partition coefficient (Wildman–Crippen LogP) is 2.55. The standard InChI is InChI=1S/C12H14ClF3N2O2/c13-10-9(2-4-20-10)11(19)17-5-8-1-3-18(6-8)7-12(14,15)16/h2,4,8H,1,3,5-7H2,(H,17,19). The SMILES string of the molecule is O=C(NCC1CCN(CC(F)(F)F)C1)c1ccoc1Cl. The second kappa shape index (κ2) is 6.05. The van der Waals surface area contributed by atoms with Crippen LogP contribution in [0.4, 0.5) is 13.2 Å². The van der Waals surface area contributed by atoms with Crippen molar-refractivity contribution < 1.29 is 22.4 Å². The lowest BCUT2D eigenvalue weighted by atomic mass is 10.1. The maximum Gasteiger partial charge on any atom is 0.401 e. The van der Waals surface area contributed by atoms with Crippen LogP contribution in [0.25, 0.3) is 0 Å². The Morgan fingerprint density at radius 3 is 2.90 bits per heavy atom. The topological polar surface area (TPSA) is 45.5 Å². The van der Waals surface area contributed by atoms with E-state index in [9.17, 15) is 18.0 Å². The zero-order chi connectivity index (χ0) is 14.8. The highest BCUT2D eigenvalue weighted by Gasteiger charge is 2.34. The van der Waals surface area contributed by atoms with Crippen LogP contribution in [0.1, 0.15) is 16.8 Å². The lowest BCUT2D eigenvalue weighted by Gasteiger charge is -2.17. The van der Waals surface area contributed by atoms with E-state index in [0.29, 0.717) is 26.1 Å². The van der Waals surface area contributed by atoms with Gasteiger partial charge in [-0.05, 0) is 36.6 Å². The molecule has 1 fully saturated rings. The predicted molar refractivity (Wildman–Crippen MR) is 66.7 cm³/mol. The average molecular weight is 311 g/mol. The molecule has 0 aromatic carbocycles. The van der Waals surface area contributed by atoms with Gasteiger partial charge in [0.05, 0.1) is 18.4 Å². The minimum Gasteiger partial charge on any atom is -0.452 e. The number of rotatable bonds is 4. The van der Waals surface area contributed by atoms with Gasteiger partial charge in [0.25, 0.3) is 5.91 Å². The van der Waals surface area contributed by atoms with Crippen LogP contribution in [0.3, 0.4) is 0 Å².